The smallest absolute Gasteiger partial charge is 0.341 e. The van der Waals surface area contributed by atoms with E-state index >= 15 is 0 Å². The van der Waals surface area contributed by atoms with Crippen molar-refractivity contribution in [3.63, 3.8) is 0 Å². The fourth-order valence-corrected chi connectivity index (χ4v) is 4.06. The molecule has 39 heavy (non-hydrogen) atoms. The number of benzene rings is 1. The fourth-order valence-electron chi connectivity index (χ4n) is 4.06. The Labute approximate surface area is 220 Å². The highest BCUT2D eigenvalue weighted by molar-refractivity contribution is 5.92. The second-order valence-electron chi connectivity index (χ2n) is 9.03. The molecular weight excluding hydrogens is 521 g/mol. The highest BCUT2D eigenvalue weighted by Crippen LogP contribution is 2.26. The molecule has 0 bridgehead atoms. The Morgan fingerprint density at radius 2 is 1.85 bits per heavy atom. The monoisotopic (exact) mass is 550 g/mol. The summed E-state index contributed by atoms with van der Waals surface area (Å²) in [7, 11) is 0. The van der Waals surface area contributed by atoms with Gasteiger partial charge in [-0.1, -0.05) is 6.42 Å². The van der Waals surface area contributed by atoms with Crippen molar-refractivity contribution in [2.24, 2.45) is 17.2 Å². The van der Waals surface area contributed by atoms with Crippen LogP contribution in [0, 0.1) is 17.5 Å². The van der Waals surface area contributed by atoms with E-state index in [1.807, 2.05) is 0 Å². The third-order valence-corrected chi connectivity index (χ3v) is 6.12. The normalized spacial score (nSPS) is 15.6. The molecule has 11 nitrogen and oxygen atoms in total. The first-order valence-electron chi connectivity index (χ1n) is 12.1. The lowest BCUT2D eigenvalue weighted by molar-refractivity contribution is -0.138. The summed E-state index contributed by atoms with van der Waals surface area (Å²) in [5, 5.41) is 17.3. The minimum atomic E-state index is -1.57. The molecule has 2 atom stereocenters. The Kier molecular flexibility index (Phi) is 9.61. The van der Waals surface area contributed by atoms with E-state index in [1.165, 1.54) is 0 Å². The number of nitrogens with two attached hydrogens (primary N) is 3. The van der Waals surface area contributed by atoms with Crippen molar-refractivity contribution in [1.29, 1.82) is 0 Å². The van der Waals surface area contributed by atoms with Gasteiger partial charge in [-0.05, 0) is 44.0 Å². The number of halogens is 3. The molecule has 8 N–H and O–H groups in total. The first kappa shape index (κ1) is 29.5. The number of nitrogens with zero attached hydrogens (tertiary/aromatic N) is 3. The largest absolute Gasteiger partial charge is 0.480 e. The van der Waals surface area contributed by atoms with Crippen LogP contribution in [0.5, 0.6) is 0 Å². The number of hydrogen-bond acceptors (Lipinski definition) is 8. The maximum absolute atomic E-state index is 14.7. The summed E-state index contributed by atoms with van der Waals surface area (Å²) in [4.78, 5) is 40.0. The Hall–Kier alpha value is -4.01. The molecule has 0 spiro atoms. The standard InChI is InChI=1S/C19H15F3N4O3.C6H14N2O2/c20-9-1-2-15(13(21)5-9)26-8-12(19(28)29)16(27)11-6-14(22)18(24-17(11)26)25-4-3-10(23)7-25;7-4-2-1-3-5(8)6(9)10/h1-2,5-6,8,10H,3-4,7,23H2,(H,28,29);5H,1-4,7-8H2,(H,9,10). The van der Waals surface area contributed by atoms with Gasteiger partial charge in [-0.3, -0.25) is 14.2 Å². The van der Waals surface area contributed by atoms with E-state index in [4.69, 9.17) is 22.3 Å². The number of fused-ring (bicyclic) bond motifs is 1. The molecule has 2 unspecified atom stereocenters. The Morgan fingerprint density at radius 1 is 1.13 bits per heavy atom. The maximum atomic E-state index is 14.7. The molecule has 1 aliphatic rings. The van der Waals surface area contributed by atoms with Crippen LogP contribution in [-0.4, -0.2) is 63.4 Å². The number of carbonyl (C=O) groups is 2. The van der Waals surface area contributed by atoms with Gasteiger partial charge in [0.1, 0.15) is 23.2 Å². The summed E-state index contributed by atoms with van der Waals surface area (Å²) in [6, 6.07) is 2.67. The number of aliphatic carboxylic acids is 1. The van der Waals surface area contributed by atoms with Gasteiger partial charge in [-0.25, -0.2) is 22.9 Å². The Balaban J connectivity index is 0.000000360. The number of hydrogen-bond donors (Lipinski definition) is 5. The van der Waals surface area contributed by atoms with Crippen LogP contribution in [0.1, 0.15) is 36.0 Å². The topological polar surface area (TPSA) is 191 Å². The summed E-state index contributed by atoms with van der Waals surface area (Å²) in [5.41, 5.74) is 14.2. The summed E-state index contributed by atoms with van der Waals surface area (Å²) in [6.45, 7) is 1.39. The van der Waals surface area contributed by atoms with E-state index in [0.29, 0.717) is 38.5 Å². The number of pyridine rings is 2. The number of unbranched alkanes of at least 4 members (excludes halogenated alkanes) is 1. The number of rotatable bonds is 8. The summed E-state index contributed by atoms with van der Waals surface area (Å²) >= 11 is 0. The molecule has 0 amide bonds. The zero-order valence-electron chi connectivity index (χ0n) is 20.8. The molecule has 2 aromatic heterocycles. The lowest BCUT2D eigenvalue weighted by Crippen LogP contribution is -2.29. The van der Waals surface area contributed by atoms with Crippen molar-refractivity contribution in [3.05, 3.63) is 63.7 Å². The number of carboxylic acid groups (broad SMARTS) is 2. The van der Waals surface area contributed by atoms with Gasteiger partial charge in [0.15, 0.2) is 17.3 Å². The van der Waals surface area contributed by atoms with Crippen molar-refractivity contribution in [3.8, 4) is 5.69 Å². The van der Waals surface area contributed by atoms with Crippen molar-refractivity contribution in [1.82, 2.24) is 9.55 Å². The number of aromatic nitrogens is 2. The van der Waals surface area contributed by atoms with Crippen LogP contribution < -0.4 is 27.5 Å². The van der Waals surface area contributed by atoms with E-state index in [2.05, 4.69) is 4.98 Å². The Bertz CT molecular complexity index is 1430. The molecule has 0 aliphatic carbocycles. The minimum Gasteiger partial charge on any atom is -0.480 e. The van der Waals surface area contributed by atoms with Crippen molar-refractivity contribution >= 4 is 28.8 Å². The van der Waals surface area contributed by atoms with E-state index in [1.54, 1.807) is 4.90 Å². The molecule has 210 valence electrons. The number of carboxylic acids is 2. The van der Waals surface area contributed by atoms with Gasteiger partial charge in [-0.2, -0.15) is 0 Å². The summed E-state index contributed by atoms with van der Waals surface area (Å²) in [6.07, 6.45) is 3.68. The predicted molar refractivity (Wildman–Crippen MR) is 137 cm³/mol. The second kappa shape index (κ2) is 12.7. The van der Waals surface area contributed by atoms with E-state index in [-0.39, 0.29) is 28.6 Å². The summed E-state index contributed by atoms with van der Waals surface area (Å²) in [5.74, 6) is -5.23. The van der Waals surface area contributed by atoms with Crippen molar-refractivity contribution in [2.45, 2.75) is 37.8 Å². The van der Waals surface area contributed by atoms with Gasteiger partial charge in [0, 0.05) is 31.4 Å². The summed E-state index contributed by atoms with van der Waals surface area (Å²) < 4.78 is 43.5. The maximum Gasteiger partial charge on any atom is 0.341 e. The highest BCUT2D eigenvalue weighted by Gasteiger charge is 2.26. The molecule has 0 radical (unpaired) electrons. The van der Waals surface area contributed by atoms with Crippen LogP contribution in [0.2, 0.25) is 0 Å². The molecule has 1 fully saturated rings. The number of anilines is 1. The zero-order valence-corrected chi connectivity index (χ0v) is 20.8. The van der Waals surface area contributed by atoms with Crippen LogP contribution in [0.15, 0.2) is 35.3 Å². The molecule has 1 saturated heterocycles. The fraction of sp³-hybridized carbons (Fsp3) is 0.360. The highest BCUT2D eigenvalue weighted by atomic mass is 19.1. The van der Waals surface area contributed by atoms with Crippen LogP contribution in [-0.2, 0) is 4.79 Å². The zero-order chi connectivity index (χ0) is 28.9. The molecule has 1 aliphatic heterocycles. The van der Waals surface area contributed by atoms with E-state index in [9.17, 15) is 32.7 Å². The number of aromatic carboxylic acids is 1. The van der Waals surface area contributed by atoms with Crippen molar-refractivity contribution < 1.29 is 33.0 Å². The van der Waals surface area contributed by atoms with E-state index < -0.39 is 46.4 Å². The van der Waals surface area contributed by atoms with Gasteiger partial charge in [0.2, 0.25) is 5.43 Å². The first-order valence-corrected chi connectivity index (χ1v) is 12.1. The molecule has 0 saturated carbocycles. The van der Waals surface area contributed by atoms with Crippen LogP contribution >= 0.6 is 0 Å². The van der Waals surface area contributed by atoms with E-state index in [0.717, 1.165) is 41.8 Å². The van der Waals surface area contributed by atoms with Crippen molar-refractivity contribution in [2.75, 3.05) is 24.5 Å². The van der Waals surface area contributed by atoms with Crippen LogP contribution in [0.3, 0.4) is 0 Å². The Morgan fingerprint density at radius 3 is 2.41 bits per heavy atom. The second-order valence-corrected chi connectivity index (χ2v) is 9.03. The molecule has 1 aromatic carbocycles. The van der Waals surface area contributed by atoms with Crippen LogP contribution in [0.25, 0.3) is 16.7 Å². The lowest BCUT2D eigenvalue weighted by Gasteiger charge is -2.19. The minimum absolute atomic E-state index is 0.0794. The van der Waals surface area contributed by atoms with Gasteiger partial charge in [-0.15, -0.1) is 0 Å². The molecular formula is C25H29F3N6O5. The van der Waals surface area contributed by atoms with Gasteiger partial charge >= 0.3 is 11.9 Å². The molecule has 3 heterocycles. The SMILES string of the molecule is NC1CCN(c2nc3c(cc2F)c(=O)c(C(=O)O)cn3-c2ccc(F)cc2F)C1.NCCCCC(N)C(=O)O. The van der Waals surface area contributed by atoms with Gasteiger partial charge in [0.05, 0.1) is 11.1 Å². The predicted octanol–water partition coefficient (Wildman–Crippen LogP) is 1.57. The van der Waals surface area contributed by atoms with Gasteiger partial charge in [0.25, 0.3) is 0 Å². The molecule has 14 heteroatoms. The average molecular weight is 551 g/mol. The lowest BCUT2D eigenvalue weighted by atomic mass is 10.1. The quantitative estimate of drug-likeness (QED) is 0.257. The average Bonchev–Trinajstić information content (AvgIpc) is 3.31. The molecule has 3 aromatic rings. The third kappa shape index (κ3) is 6.90. The van der Waals surface area contributed by atoms with Crippen LogP contribution in [0.4, 0.5) is 19.0 Å². The molecule has 4 rings (SSSR count). The third-order valence-electron chi connectivity index (χ3n) is 6.12. The first-order chi connectivity index (χ1) is 18.4. The van der Waals surface area contributed by atoms with Gasteiger partial charge < -0.3 is 32.3 Å².